The molecule has 0 aromatic carbocycles. The molecule has 2 aliphatic carbocycles. The standard InChI is InChI=1S/C18H32N4O2/c19-11-13-5-3-9-16(13)21-17(23)14-6-4-10-22(12-14)18(24)20-15-7-1-2-8-15/h13-16H,1-12,19H2,(H,20,24)(H,21,23). The zero-order valence-corrected chi connectivity index (χ0v) is 14.6. The number of likely N-dealkylation sites (tertiary alicyclic amines) is 1. The summed E-state index contributed by atoms with van der Waals surface area (Å²) >= 11 is 0. The van der Waals surface area contributed by atoms with Crippen LogP contribution in [0.4, 0.5) is 4.79 Å². The highest BCUT2D eigenvalue weighted by Crippen LogP contribution is 2.26. The van der Waals surface area contributed by atoms with Crippen LogP contribution in [-0.2, 0) is 4.79 Å². The molecule has 0 radical (unpaired) electrons. The number of piperidine rings is 1. The quantitative estimate of drug-likeness (QED) is 0.728. The maximum absolute atomic E-state index is 12.6. The molecule has 3 aliphatic rings. The van der Waals surface area contributed by atoms with Gasteiger partial charge in [0.05, 0.1) is 5.92 Å². The summed E-state index contributed by atoms with van der Waals surface area (Å²) in [5, 5.41) is 6.34. The Labute approximate surface area is 144 Å². The van der Waals surface area contributed by atoms with Crippen LogP contribution in [-0.4, -0.2) is 48.6 Å². The van der Waals surface area contributed by atoms with Gasteiger partial charge in [-0.15, -0.1) is 0 Å². The second kappa shape index (κ2) is 8.19. The molecule has 0 aromatic heterocycles. The van der Waals surface area contributed by atoms with Crippen molar-refractivity contribution in [3.05, 3.63) is 0 Å². The molecule has 3 rings (SSSR count). The third-order valence-electron chi connectivity index (χ3n) is 6.05. The molecule has 6 heteroatoms. The summed E-state index contributed by atoms with van der Waals surface area (Å²) in [5.41, 5.74) is 5.81. The maximum Gasteiger partial charge on any atom is 0.317 e. The molecule has 2 saturated carbocycles. The molecule has 0 aromatic rings. The molecule has 6 nitrogen and oxygen atoms in total. The zero-order chi connectivity index (χ0) is 16.9. The van der Waals surface area contributed by atoms with Gasteiger partial charge in [-0.3, -0.25) is 4.79 Å². The topological polar surface area (TPSA) is 87.5 Å². The van der Waals surface area contributed by atoms with Crippen molar-refractivity contribution in [3.8, 4) is 0 Å². The van der Waals surface area contributed by atoms with E-state index in [-0.39, 0.29) is 23.9 Å². The van der Waals surface area contributed by atoms with Crippen molar-refractivity contribution in [2.75, 3.05) is 19.6 Å². The highest BCUT2D eigenvalue weighted by Gasteiger charge is 2.33. The first kappa shape index (κ1) is 17.5. The van der Waals surface area contributed by atoms with Crippen LogP contribution < -0.4 is 16.4 Å². The summed E-state index contributed by atoms with van der Waals surface area (Å²) in [6.45, 7) is 1.95. The Bertz CT molecular complexity index is 450. The summed E-state index contributed by atoms with van der Waals surface area (Å²) in [4.78, 5) is 26.9. The first-order valence-corrected chi connectivity index (χ1v) is 9.73. The summed E-state index contributed by atoms with van der Waals surface area (Å²) in [6.07, 6.45) is 9.67. The zero-order valence-electron chi connectivity index (χ0n) is 14.6. The van der Waals surface area contributed by atoms with Crippen LogP contribution in [0.15, 0.2) is 0 Å². The number of nitrogens with zero attached hydrogens (tertiary/aromatic N) is 1. The Morgan fingerprint density at radius 2 is 1.75 bits per heavy atom. The first-order chi connectivity index (χ1) is 11.7. The molecule has 1 aliphatic heterocycles. The predicted octanol–water partition coefficient (Wildman–Crippen LogP) is 1.59. The van der Waals surface area contributed by atoms with Crippen LogP contribution in [0.3, 0.4) is 0 Å². The molecule has 3 unspecified atom stereocenters. The van der Waals surface area contributed by atoms with Gasteiger partial charge in [0, 0.05) is 25.2 Å². The molecule has 4 N–H and O–H groups in total. The average molecular weight is 336 g/mol. The average Bonchev–Trinajstić information content (AvgIpc) is 3.26. The molecule has 3 fully saturated rings. The Balaban J connectivity index is 1.49. The maximum atomic E-state index is 12.6. The molecule has 3 atom stereocenters. The number of carbonyl (C=O) groups excluding carboxylic acids is 2. The van der Waals surface area contributed by atoms with Gasteiger partial charge < -0.3 is 21.3 Å². The van der Waals surface area contributed by atoms with Gasteiger partial charge in [-0.2, -0.15) is 0 Å². The van der Waals surface area contributed by atoms with Crippen molar-refractivity contribution >= 4 is 11.9 Å². The lowest BCUT2D eigenvalue weighted by Crippen LogP contribution is -2.52. The van der Waals surface area contributed by atoms with Crippen LogP contribution in [0.5, 0.6) is 0 Å². The largest absolute Gasteiger partial charge is 0.353 e. The van der Waals surface area contributed by atoms with Gasteiger partial charge in [0.25, 0.3) is 0 Å². The number of carbonyl (C=O) groups is 2. The molecule has 3 amide bonds. The third kappa shape index (κ3) is 4.21. The van der Waals surface area contributed by atoms with E-state index in [0.717, 1.165) is 51.5 Å². The molecule has 0 bridgehead atoms. The van der Waals surface area contributed by atoms with Gasteiger partial charge in [0.1, 0.15) is 0 Å². The van der Waals surface area contributed by atoms with Gasteiger partial charge in [-0.25, -0.2) is 4.79 Å². The van der Waals surface area contributed by atoms with E-state index >= 15 is 0 Å². The SMILES string of the molecule is NCC1CCCC1NC(=O)C1CCCN(C(=O)NC2CCCC2)C1. The van der Waals surface area contributed by atoms with E-state index in [4.69, 9.17) is 5.73 Å². The normalized spacial score (nSPS) is 31.2. The predicted molar refractivity (Wildman–Crippen MR) is 93.4 cm³/mol. The summed E-state index contributed by atoms with van der Waals surface area (Å²) in [7, 11) is 0. The Morgan fingerprint density at radius 3 is 2.50 bits per heavy atom. The van der Waals surface area contributed by atoms with Crippen molar-refractivity contribution in [1.82, 2.24) is 15.5 Å². The van der Waals surface area contributed by atoms with Crippen molar-refractivity contribution in [2.45, 2.75) is 69.9 Å². The summed E-state index contributed by atoms with van der Waals surface area (Å²) in [5.74, 6) is 0.449. The monoisotopic (exact) mass is 336 g/mol. The number of nitrogens with one attached hydrogen (secondary N) is 2. The highest BCUT2D eigenvalue weighted by atomic mass is 16.2. The van der Waals surface area contributed by atoms with Gasteiger partial charge >= 0.3 is 6.03 Å². The highest BCUT2D eigenvalue weighted by molar-refractivity contribution is 5.81. The molecule has 1 heterocycles. The van der Waals surface area contributed by atoms with Crippen LogP contribution in [0.25, 0.3) is 0 Å². The van der Waals surface area contributed by atoms with Crippen LogP contribution >= 0.6 is 0 Å². The lowest BCUT2D eigenvalue weighted by Gasteiger charge is -2.33. The van der Waals surface area contributed by atoms with Crippen LogP contribution in [0, 0.1) is 11.8 Å². The van der Waals surface area contributed by atoms with Crippen molar-refractivity contribution in [2.24, 2.45) is 17.6 Å². The molecule has 136 valence electrons. The van der Waals surface area contributed by atoms with Crippen molar-refractivity contribution in [1.29, 1.82) is 0 Å². The van der Waals surface area contributed by atoms with Crippen molar-refractivity contribution < 1.29 is 9.59 Å². The number of amides is 3. The fraction of sp³-hybridized carbons (Fsp3) is 0.889. The van der Waals surface area contributed by atoms with Crippen molar-refractivity contribution in [3.63, 3.8) is 0 Å². The third-order valence-corrected chi connectivity index (χ3v) is 6.05. The fourth-order valence-electron chi connectivity index (χ4n) is 4.52. The van der Waals surface area contributed by atoms with Crippen LogP contribution in [0.1, 0.15) is 57.8 Å². The van der Waals surface area contributed by atoms with Gasteiger partial charge in [-0.1, -0.05) is 19.3 Å². The molecular formula is C18H32N4O2. The minimum atomic E-state index is -0.0768. The fourth-order valence-corrected chi connectivity index (χ4v) is 4.52. The lowest BCUT2D eigenvalue weighted by atomic mass is 9.96. The Hall–Kier alpha value is -1.30. The lowest BCUT2D eigenvalue weighted by molar-refractivity contribution is -0.127. The number of hydrogen-bond donors (Lipinski definition) is 3. The van der Waals surface area contributed by atoms with E-state index in [1.165, 1.54) is 12.8 Å². The Morgan fingerprint density at radius 1 is 0.958 bits per heavy atom. The number of hydrogen-bond acceptors (Lipinski definition) is 3. The van der Waals surface area contributed by atoms with E-state index in [1.54, 1.807) is 0 Å². The minimum Gasteiger partial charge on any atom is -0.353 e. The van der Waals surface area contributed by atoms with E-state index < -0.39 is 0 Å². The van der Waals surface area contributed by atoms with Gasteiger partial charge in [0.15, 0.2) is 0 Å². The summed E-state index contributed by atoms with van der Waals surface area (Å²) < 4.78 is 0. The molecular weight excluding hydrogens is 304 g/mol. The van der Waals surface area contributed by atoms with Gasteiger partial charge in [-0.05, 0) is 51.0 Å². The number of nitrogens with two attached hydrogens (primary N) is 1. The smallest absolute Gasteiger partial charge is 0.317 e. The second-order valence-corrected chi connectivity index (χ2v) is 7.76. The first-order valence-electron chi connectivity index (χ1n) is 9.73. The van der Waals surface area contributed by atoms with E-state index in [2.05, 4.69) is 10.6 Å². The van der Waals surface area contributed by atoms with E-state index in [1.807, 2.05) is 4.90 Å². The number of urea groups is 1. The minimum absolute atomic E-state index is 0.0140. The molecule has 24 heavy (non-hydrogen) atoms. The number of rotatable bonds is 4. The molecule has 0 spiro atoms. The second-order valence-electron chi connectivity index (χ2n) is 7.76. The van der Waals surface area contributed by atoms with Crippen LogP contribution in [0.2, 0.25) is 0 Å². The summed E-state index contributed by atoms with van der Waals surface area (Å²) in [6, 6.07) is 0.570. The van der Waals surface area contributed by atoms with Gasteiger partial charge in [0.2, 0.25) is 5.91 Å². The van der Waals surface area contributed by atoms with E-state index in [0.29, 0.717) is 25.0 Å². The molecule has 1 saturated heterocycles. The Kier molecular flexibility index (Phi) is 5.98. The van der Waals surface area contributed by atoms with E-state index in [9.17, 15) is 9.59 Å².